The molecule has 0 aromatic heterocycles. The summed E-state index contributed by atoms with van der Waals surface area (Å²) in [6.07, 6.45) is 0.394. The van der Waals surface area contributed by atoms with Crippen LogP contribution in [0.2, 0.25) is 0 Å². The van der Waals surface area contributed by atoms with Crippen LogP contribution >= 0.6 is 0 Å². The standard InChI is InChI=1S/C24H31NO4/c1-24(2,3)29-23(26)25-15-22(28-17-20-12-8-5-9-13-20)14-21(25)18-27-16-19-10-6-4-7-11-19/h4-13,21-22H,14-18H2,1-3H3/t21-,22+/m0/s1. The molecule has 1 amide bonds. The second-order valence-corrected chi connectivity index (χ2v) is 8.44. The smallest absolute Gasteiger partial charge is 0.410 e. The summed E-state index contributed by atoms with van der Waals surface area (Å²) in [6.45, 7) is 7.67. The van der Waals surface area contributed by atoms with E-state index >= 15 is 0 Å². The molecule has 3 rings (SSSR count). The van der Waals surface area contributed by atoms with Gasteiger partial charge in [-0.2, -0.15) is 0 Å². The number of likely N-dealkylation sites (tertiary alicyclic amines) is 1. The minimum absolute atomic E-state index is 0.0342. The van der Waals surface area contributed by atoms with E-state index in [-0.39, 0.29) is 18.2 Å². The van der Waals surface area contributed by atoms with Crippen molar-refractivity contribution in [3.05, 3.63) is 71.8 Å². The van der Waals surface area contributed by atoms with E-state index in [4.69, 9.17) is 14.2 Å². The largest absolute Gasteiger partial charge is 0.444 e. The maximum Gasteiger partial charge on any atom is 0.410 e. The fourth-order valence-corrected chi connectivity index (χ4v) is 3.37. The van der Waals surface area contributed by atoms with Gasteiger partial charge in [0.1, 0.15) is 5.60 Å². The van der Waals surface area contributed by atoms with Crippen molar-refractivity contribution in [3.8, 4) is 0 Å². The number of nitrogens with zero attached hydrogens (tertiary/aromatic N) is 1. The van der Waals surface area contributed by atoms with Crippen molar-refractivity contribution < 1.29 is 19.0 Å². The van der Waals surface area contributed by atoms with Crippen LogP contribution in [-0.2, 0) is 27.4 Å². The van der Waals surface area contributed by atoms with Gasteiger partial charge < -0.3 is 19.1 Å². The van der Waals surface area contributed by atoms with Crippen molar-refractivity contribution in [2.75, 3.05) is 13.2 Å². The van der Waals surface area contributed by atoms with Crippen LogP contribution in [0.25, 0.3) is 0 Å². The molecule has 29 heavy (non-hydrogen) atoms. The summed E-state index contributed by atoms with van der Waals surface area (Å²) < 4.78 is 17.6. The van der Waals surface area contributed by atoms with Gasteiger partial charge in [-0.25, -0.2) is 4.79 Å². The molecule has 1 aliphatic heterocycles. The quantitative estimate of drug-likeness (QED) is 0.673. The maximum absolute atomic E-state index is 12.7. The zero-order chi connectivity index (χ0) is 20.7. The van der Waals surface area contributed by atoms with E-state index in [1.54, 1.807) is 4.90 Å². The zero-order valence-corrected chi connectivity index (χ0v) is 17.5. The third kappa shape index (κ3) is 6.87. The number of carbonyl (C=O) groups excluding carboxylic acids is 1. The summed E-state index contributed by atoms with van der Waals surface area (Å²) >= 11 is 0. The summed E-state index contributed by atoms with van der Waals surface area (Å²) in [5.74, 6) is 0. The fraction of sp³-hybridized carbons (Fsp3) is 0.458. The highest BCUT2D eigenvalue weighted by Crippen LogP contribution is 2.24. The van der Waals surface area contributed by atoms with Gasteiger partial charge in [-0.3, -0.25) is 0 Å². The topological polar surface area (TPSA) is 48.0 Å². The molecule has 5 nitrogen and oxygen atoms in total. The van der Waals surface area contributed by atoms with E-state index in [0.717, 1.165) is 17.5 Å². The molecule has 0 N–H and O–H groups in total. The summed E-state index contributed by atoms with van der Waals surface area (Å²) in [5, 5.41) is 0. The normalized spacial score (nSPS) is 19.3. The van der Waals surface area contributed by atoms with Crippen LogP contribution in [0, 0.1) is 0 Å². The van der Waals surface area contributed by atoms with Crippen molar-refractivity contribution in [2.24, 2.45) is 0 Å². The van der Waals surface area contributed by atoms with Gasteiger partial charge in [0, 0.05) is 0 Å². The Kier molecular flexibility index (Phi) is 7.29. The van der Waals surface area contributed by atoms with Crippen LogP contribution in [0.4, 0.5) is 4.79 Å². The van der Waals surface area contributed by atoms with E-state index in [2.05, 4.69) is 0 Å². The average Bonchev–Trinajstić information content (AvgIpc) is 3.10. The molecule has 2 atom stereocenters. The molecule has 2 aromatic carbocycles. The van der Waals surface area contributed by atoms with E-state index < -0.39 is 5.60 Å². The Bertz CT molecular complexity index is 757. The number of carbonyl (C=O) groups is 1. The first-order valence-corrected chi connectivity index (χ1v) is 10.2. The fourth-order valence-electron chi connectivity index (χ4n) is 3.37. The van der Waals surface area contributed by atoms with Gasteiger partial charge in [0.2, 0.25) is 0 Å². The van der Waals surface area contributed by atoms with Gasteiger partial charge in [0.15, 0.2) is 0 Å². The highest BCUT2D eigenvalue weighted by molar-refractivity contribution is 5.69. The molecule has 0 aliphatic carbocycles. The minimum Gasteiger partial charge on any atom is -0.444 e. The van der Waals surface area contributed by atoms with E-state index in [1.807, 2.05) is 81.4 Å². The Morgan fingerprint density at radius 3 is 2.14 bits per heavy atom. The van der Waals surface area contributed by atoms with Crippen LogP contribution in [0.5, 0.6) is 0 Å². The Morgan fingerprint density at radius 2 is 1.55 bits per heavy atom. The van der Waals surface area contributed by atoms with Crippen molar-refractivity contribution in [1.29, 1.82) is 0 Å². The van der Waals surface area contributed by atoms with Crippen LogP contribution in [0.15, 0.2) is 60.7 Å². The Morgan fingerprint density at radius 1 is 0.966 bits per heavy atom. The number of ether oxygens (including phenoxy) is 3. The lowest BCUT2D eigenvalue weighted by atomic mass is 10.2. The highest BCUT2D eigenvalue weighted by Gasteiger charge is 2.38. The maximum atomic E-state index is 12.7. The molecule has 2 aromatic rings. The van der Waals surface area contributed by atoms with E-state index in [1.165, 1.54) is 0 Å². The number of rotatable bonds is 7. The average molecular weight is 398 g/mol. The van der Waals surface area contributed by atoms with Crippen molar-refractivity contribution in [2.45, 2.75) is 58.2 Å². The van der Waals surface area contributed by atoms with E-state index in [9.17, 15) is 4.79 Å². The molecule has 1 aliphatic rings. The Hall–Kier alpha value is -2.37. The molecule has 5 heteroatoms. The lowest BCUT2D eigenvalue weighted by Crippen LogP contribution is -2.42. The Balaban J connectivity index is 1.57. The van der Waals surface area contributed by atoms with Crippen LogP contribution in [0.3, 0.4) is 0 Å². The van der Waals surface area contributed by atoms with Crippen LogP contribution in [-0.4, -0.2) is 41.9 Å². The monoisotopic (exact) mass is 397 g/mol. The lowest BCUT2D eigenvalue weighted by molar-refractivity contribution is 0.00619. The van der Waals surface area contributed by atoms with Crippen LogP contribution in [0.1, 0.15) is 38.3 Å². The molecular weight excluding hydrogens is 366 g/mol. The third-order valence-corrected chi connectivity index (χ3v) is 4.75. The van der Waals surface area contributed by atoms with Gasteiger partial charge in [-0.05, 0) is 38.3 Å². The molecule has 0 radical (unpaired) electrons. The summed E-state index contributed by atoms with van der Waals surface area (Å²) in [6, 6.07) is 20.1. The molecular formula is C24H31NO4. The second kappa shape index (κ2) is 9.90. The molecule has 156 valence electrons. The van der Waals surface area contributed by atoms with Gasteiger partial charge in [0.25, 0.3) is 0 Å². The summed E-state index contributed by atoms with van der Waals surface area (Å²) in [4.78, 5) is 14.5. The summed E-state index contributed by atoms with van der Waals surface area (Å²) in [7, 11) is 0. The first-order valence-electron chi connectivity index (χ1n) is 10.2. The first kappa shape index (κ1) is 21.3. The van der Waals surface area contributed by atoms with Gasteiger partial charge in [-0.15, -0.1) is 0 Å². The second-order valence-electron chi connectivity index (χ2n) is 8.44. The molecule has 0 unspecified atom stereocenters. The van der Waals surface area contributed by atoms with E-state index in [0.29, 0.717) is 26.4 Å². The number of hydrogen-bond donors (Lipinski definition) is 0. The van der Waals surface area contributed by atoms with Gasteiger partial charge in [0.05, 0.1) is 38.5 Å². The number of amides is 1. The zero-order valence-electron chi connectivity index (χ0n) is 17.5. The van der Waals surface area contributed by atoms with Crippen molar-refractivity contribution >= 4 is 6.09 Å². The molecule has 0 spiro atoms. The Labute approximate surface area is 173 Å². The van der Waals surface area contributed by atoms with Gasteiger partial charge in [-0.1, -0.05) is 60.7 Å². The van der Waals surface area contributed by atoms with Crippen molar-refractivity contribution in [1.82, 2.24) is 4.90 Å². The summed E-state index contributed by atoms with van der Waals surface area (Å²) in [5.41, 5.74) is 1.71. The number of benzene rings is 2. The number of hydrogen-bond acceptors (Lipinski definition) is 4. The minimum atomic E-state index is -0.532. The predicted molar refractivity (Wildman–Crippen MR) is 112 cm³/mol. The SMILES string of the molecule is CC(C)(C)OC(=O)N1C[C@H](OCc2ccccc2)C[C@H]1COCc1ccccc1. The molecule has 0 saturated carbocycles. The van der Waals surface area contributed by atoms with Crippen molar-refractivity contribution in [3.63, 3.8) is 0 Å². The van der Waals surface area contributed by atoms with Crippen LogP contribution < -0.4 is 0 Å². The lowest BCUT2D eigenvalue weighted by Gasteiger charge is -2.28. The first-order chi connectivity index (χ1) is 13.9. The molecule has 0 bridgehead atoms. The predicted octanol–water partition coefficient (Wildman–Crippen LogP) is 4.80. The molecule has 1 heterocycles. The third-order valence-electron chi connectivity index (χ3n) is 4.75. The molecule has 1 fully saturated rings. The van der Waals surface area contributed by atoms with Gasteiger partial charge >= 0.3 is 6.09 Å². The highest BCUT2D eigenvalue weighted by atomic mass is 16.6. The molecule has 1 saturated heterocycles.